The van der Waals surface area contributed by atoms with Crippen LogP contribution in [0.4, 0.5) is 24.5 Å². The van der Waals surface area contributed by atoms with E-state index < -0.39 is 27.2 Å². The van der Waals surface area contributed by atoms with Gasteiger partial charge in [0.2, 0.25) is 10.0 Å². The monoisotopic (exact) mass is 398 g/mol. The van der Waals surface area contributed by atoms with Crippen molar-refractivity contribution in [3.8, 4) is 0 Å². The maximum atomic E-state index is 13.5. The molecule has 0 radical (unpaired) electrons. The number of rotatable bonds is 3. The predicted molar refractivity (Wildman–Crippen MR) is 100 cm³/mol. The Hall–Kier alpha value is -2.22. The van der Waals surface area contributed by atoms with Gasteiger partial charge in [-0.05, 0) is 41.2 Å². The van der Waals surface area contributed by atoms with Crippen LogP contribution < -0.4 is 10.0 Å². The summed E-state index contributed by atoms with van der Waals surface area (Å²) < 4.78 is 65.8. The number of alkyl halides is 3. The standard InChI is InChI=1S/C19H21F3N2O2S/c1-18(2)11-16(12-6-4-7-13(10-12)24-27(3,25)26)23-17-14(18)8-5-9-15(17)19(20,21)22/h4-10,16,23-24H,11H2,1-3H3. The first kappa shape index (κ1) is 19.5. The minimum Gasteiger partial charge on any atom is -0.377 e. The molecule has 1 aliphatic heterocycles. The van der Waals surface area contributed by atoms with E-state index in [1.165, 1.54) is 6.07 Å². The van der Waals surface area contributed by atoms with Gasteiger partial charge in [0.15, 0.2) is 0 Å². The fourth-order valence-electron chi connectivity index (χ4n) is 3.59. The van der Waals surface area contributed by atoms with Gasteiger partial charge in [0.1, 0.15) is 0 Å². The highest BCUT2D eigenvalue weighted by Gasteiger charge is 2.40. The van der Waals surface area contributed by atoms with E-state index in [9.17, 15) is 21.6 Å². The van der Waals surface area contributed by atoms with E-state index in [-0.39, 0.29) is 11.7 Å². The zero-order valence-electron chi connectivity index (χ0n) is 15.2. The van der Waals surface area contributed by atoms with E-state index in [1.54, 1.807) is 30.3 Å². The molecule has 3 rings (SSSR count). The molecule has 1 aliphatic rings. The number of sulfonamides is 1. The minimum absolute atomic E-state index is 0.0905. The molecule has 27 heavy (non-hydrogen) atoms. The van der Waals surface area contributed by atoms with Crippen molar-refractivity contribution in [1.29, 1.82) is 0 Å². The summed E-state index contributed by atoms with van der Waals surface area (Å²) in [6.45, 7) is 3.83. The average molecular weight is 398 g/mol. The fourth-order valence-corrected chi connectivity index (χ4v) is 4.14. The highest BCUT2D eigenvalue weighted by Crippen LogP contribution is 2.48. The first-order valence-corrected chi connectivity index (χ1v) is 10.3. The second-order valence-electron chi connectivity index (χ2n) is 7.51. The molecule has 8 heteroatoms. The lowest BCUT2D eigenvalue weighted by molar-refractivity contribution is -0.137. The van der Waals surface area contributed by atoms with Gasteiger partial charge in [0.05, 0.1) is 23.5 Å². The molecule has 0 aromatic heterocycles. The van der Waals surface area contributed by atoms with Gasteiger partial charge in [-0.25, -0.2) is 8.42 Å². The SMILES string of the molecule is CC1(C)CC(c2cccc(NS(C)(=O)=O)c2)Nc2c(C(F)(F)F)cccc21. The Bertz CT molecular complexity index is 955. The zero-order valence-corrected chi connectivity index (χ0v) is 16.0. The first-order chi connectivity index (χ1) is 12.4. The lowest BCUT2D eigenvalue weighted by Gasteiger charge is -2.40. The fraction of sp³-hybridized carbons (Fsp3) is 0.368. The van der Waals surface area contributed by atoms with Crippen LogP contribution in [0.25, 0.3) is 0 Å². The topological polar surface area (TPSA) is 58.2 Å². The first-order valence-electron chi connectivity index (χ1n) is 8.42. The summed E-state index contributed by atoms with van der Waals surface area (Å²) in [4.78, 5) is 0. The van der Waals surface area contributed by atoms with Crippen molar-refractivity contribution in [3.63, 3.8) is 0 Å². The lowest BCUT2D eigenvalue weighted by Crippen LogP contribution is -2.32. The molecule has 0 aliphatic carbocycles. The molecular weight excluding hydrogens is 377 g/mol. The van der Waals surface area contributed by atoms with Gasteiger partial charge in [-0.3, -0.25) is 4.72 Å². The van der Waals surface area contributed by atoms with E-state index in [1.807, 2.05) is 13.8 Å². The molecule has 1 unspecified atom stereocenters. The number of nitrogens with one attached hydrogen (secondary N) is 2. The van der Waals surface area contributed by atoms with Crippen molar-refractivity contribution in [2.75, 3.05) is 16.3 Å². The van der Waals surface area contributed by atoms with Gasteiger partial charge in [-0.1, -0.05) is 38.1 Å². The van der Waals surface area contributed by atoms with Crippen LogP contribution in [-0.2, 0) is 21.6 Å². The highest BCUT2D eigenvalue weighted by molar-refractivity contribution is 7.92. The van der Waals surface area contributed by atoms with E-state index in [0.717, 1.165) is 17.9 Å². The molecule has 146 valence electrons. The summed E-state index contributed by atoms with van der Waals surface area (Å²) in [5, 5.41) is 3.04. The Labute approximate surface area is 156 Å². The van der Waals surface area contributed by atoms with Crippen LogP contribution in [0.15, 0.2) is 42.5 Å². The number of para-hydroxylation sites is 1. The van der Waals surface area contributed by atoms with Crippen molar-refractivity contribution in [1.82, 2.24) is 0 Å². The van der Waals surface area contributed by atoms with Crippen LogP contribution in [0.5, 0.6) is 0 Å². The van der Waals surface area contributed by atoms with E-state index >= 15 is 0 Å². The normalized spacial score (nSPS) is 19.1. The van der Waals surface area contributed by atoms with Gasteiger partial charge >= 0.3 is 6.18 Å². The van der Waals surface area contributed by atoms with E-state index in [4.69, 9.17) is 0 Å². The second-order valence-corrected chi connectivity index (χ2v) is 9.26. The zero-order chi connectivity index (χ0) is 20.0. The third-order valence-electron chi connectivity index (χ3n) is 4.72. The van der Waals surface area contributed by atoms with Crippen molar-refractivity contribution < 1.29 is 21.6 Å². The quantitative estimate of drug-likeness (QED) is 0.772. The molecule has 2 aromatic carbocycles. The van der Waals surface area contributed by atoms with Gasteiger partial charge in [-0.15, -0.1) is 0 Å². The van der Waals surface area contributed by atoms with Crippen LogP contribution in [-0.4, -0.2) is 14.7 Å². The van der Waals surface area contributed by atoms with E-state index in [2.05, 4.69) is 10.0 Å². The van der Waals surface area contributed by atoms with Crippen LogP contribution >= 0.6 is 0 Å². The molecule has 0 saturated heterocycles. The summed E-state index contributed by atoms with van der Waals surface area (Å²) in [6.07, 6.45) is -2.84. The van der Waals surface area contributed by atoms with Crippen molar-refractivity contribution in [2.24, 2.45) is 0 Å². The highest BCUT2D eigenvalue weighted by atomic mass is 32.2. The third kappa shape index (κ3) is 4.21. The second kappa shape index (κ2) is 6.44. The Morgan fingerprint density at radius 2 is 1.81 bits per heavy atom. The van der Waals surface area contributed by atoms with Gasteiger partial charge in [0.25, 0.3) is 0 Å². The van der Waals surface area contributed by atoms with Crippen LogP contribution in [0, 0.1) is 0 Å². The summed E-state index contributed by atoms with van der Waals surface area (Å²) in [6, 6.07) is 10.6. The molecule has 2 aromatic rings. The molecule has 0 spiro atoms. The Kier molecular flexibility index (Phi) is 4.66. The summed E-state index contributed by atoms with van der Waals surface area (Å²) in [7, 11) is -3.44. The van der Waals surface area contributed by atoms with Crippen molar-refractivity contribution in [3.05, 3.63) is 59.2 Å². The molecule has 2 N–H and O–H groups in total. The smallest absolute Gasteiger partial charge is 0.377 e. The molecule has 0 fully saturated rings. The number of benzene rings is 2. The number of hydrogen-bond acceptors (Lipinski definition) is 3. The van der Waals surface area contributed by atoms with E-state index in [0.29, 0.717) is 17.7 Å². The summed E-state index contributed by atoms with van der Waals surface area (Å²) in [5.74, 6) is 0. The van der Waals surface area contributed by atoms with Crippen molar-refractivity contribution in [2.45, 2.75) is 37.9 Å². The minimum atomic E-state index is -4.46. The Morgan fingerprint density at radius 1 is 1.15 bits per heavy atom. The maximum Gasteiger partial charge on any atom is 0.418 e. The molecule has 1 heterocycles. The molecule has 4 nitrogen and oxygen atoms in total. The van der Waals surface area contributed by atoms with Crippen LogP contribution in [0.1, 0.15) is 43.0 Å². The Morgan fingerprint density at radius 3 is 2.44 bits per heavy atom. The summed E-state index contributed by atoms with van der Waals surface area (Å²) >= 11 is 0. The average Bonchev–Trinajstić information content (AvgIpc) is 2.51. The Balaban J connectivity index is 2.04. The largest absolute Gasteiger partial charge is 0.418 e. The number of hydrogen-bond donors (Lipinski definition) is 2. The summed E-state index contributed by atoms with van der Waals surface area (Å²) in [5.41, 5.74) is 0.644. The van der Waals surface area contributed by atoms with Gasteiger partial charge in [0, 0.05) is 5.69 Å². The molecule has 0 bridgehead atoms. The predicted octanol–water partition coefficient (Wildman–Crippen LogP) is 4.91. The molecular formula is C19H21F3N2O2S. The molecule has 0 saturated carbocycles. The lowest BCUT2D eigenvalue weighted by atomic mass is 9.73. The van der Waals surface area contributed by atoms with Gasteiger partial charge < -0.3 is 5.32 Å². The number of halogens is 3. The van der Waals surface area contributed by atoms with Crippen LogP contribution in [0.3, 0.4) is 0 Å². The maximum absolute atomic E-state index is 13.5. The molecule has 0 amide bonds. The third-order valence-corrected chi connectivity index (χ3v) is 5.33. The number of fused-ring (bicyclic) bond motifs is 1. The number of anilines is 2. The van der Waals surface area contributed by atoms with Crippen LogP contribution in [0.2, 0.25) is 0 Å². The van der Waals surface area contributed by atoms with Gasteiger partial charge in [-0.2, -0.15) is 13.2 Å². The van der Waals surface area contributed by atoms with Crippen molar-refractivity contribution >= 4 is 21.4 Å². The molecule has 1 atom stereocenters.